The molecule has 2 atom stereocenters. The van der Waals surface area contributed by atoms with Gasteiger partial charge < -0.3 is 10.2 Å². The van der Waals surface area contributed by atoms with E-state index in [2.05, 4.69) is 5.32 Å². The minimum atomic E-state index is -0.654. The lowest BCUT2D eigenvalue weighted by atomic mass is 9.94. The van der Waals surface area contributed by atoms with Crippen LogP contribution in [0.25, 0.3) is 0 Å². The van der Waals surface area contributed by atoms with Crippen molar-refractivity contribution in [2.75, 3.05) is 6.54 Å². The van der Waals surface area contributed by atoms with Crippen LogP contribution in [0.2, 0.25) is 0 Å². The average molecular weight is 432 g/mol. The number of hydroxylamine groups is 1. The highest BCUT2D eigenvalue weighted by atomic mass is 16.5. The van der Waals surface area contributed by atoms with E-state index in [1.807, 2.05) is 49.1 Å². The van der Waals surface area contributed by atoms with Gasteiger partial charge in [0, 0.05) is 25.4 Å². The molecule has 1 aliphatic heterocycles. The topological polar surface area (TPSA) is 98.7 Å². The van der Waals surface area contributed by atoms with Crippen molar-refractivity contribution >= 4 is 17.7 Å². The van der Waals surface area contributed by atoms with Crippen molar-refractivity contribution in [3.05, 3.63) is 35.9 Å². The second-order valence-corrected chi connectivity index (χ2v) is 8.82. The summed E-state index contributed by atoms with van der Waals surface area (Å²) in [5, 5.41) is 11.8. The molecule has 0 unspecified atom stereocenters. The number of nitrogens with one attached hydrogen (secondary N) is 2. The van der Waals surface area contributed by atoms with Crippen LogP contribution in [-0.2, 0) is 20.9 Å². The quantitative estimate of drug-likeness (QED) is 0.491. The highest BCUT2D eigenvalue weighted by Gasteiger charge is 2.31. The molecule has 0 aliphatic carbocycles. The zero-order chi connectivity index (χ0) is 22.6. The van der Waals surface area contributed by atoms with Crippen molar-refractivity contribution in [2.45, 2.75) is 77.8 Å². The van der Waals surface area contributed by atoms with Gasteiger partial charge in [0.2, 0.25) is 17.7 Å². The van der Waals surface area contributed by atoms with Gasteiger partial charge in [-0.25, -0.2) is 5.48 Å². The van der Waals surface area contributed by atoms with Gasteiger partial charge in [-0.15, -0.1) is 0 Å². The predicted octanol–water partition coefficient (Wildman–Crippen LogP) is 3.41. The first-order valence-corrected chi connectivity index (χ1v) is 11.5. The second-order valence-electron chi connectivity index (χ2n) is 8.82. The maximum absolute atomic E-state index is 13.5. The molecule has 1 saturated heterocycles. The fourth-order valence-electron chi connectivity index (χ4n) is 4.05. The van der Waals surface area contributed by atoms with Crippen molar-refractivity contribution in [1.82, 2.24) is 15.7 Å². The van der Waals surface area contributed by atoms with Gasteiger partial charge >= 0.3 is 0 Å². The third-order valence-corrected chi connectivity index (χ3v) is 5.92. The first-order valence-electron chi connectivity index (χ1n) is 11.5. The largest absolute Gasteiger partial charge is 0.344 e. The summed E-state index contributed by atoms with van der Waals surface area (Å²) in [7, 11) is 0. The minimum absolute atomic E-state index is 0.0880. The highest BCUT2D eigenvalue weighted by Crippen LogP contribution is 2.19. The summed E-state index contributed by atoms with van der Waals surface area (Å²) < 4.78 is 0. The van der Waals surface area contributed by atoms with Gasteiger partial charge in [-0.05, 0) is 24.3 Å². The molecule has 0 bridgehead atoms. The molecule has 1 aromatic rings. The third kappa shape index (κ3) is 8.32. The Morgan fingerprint density at radius 3 is 2.39 bits per heavy atom. The van der Waals surface area contributed by atoms with E-state index in [1.54, 1.807) is 5.48 Å². The predicted molar refractivity (Wildman–Crippen MR) is 119 cm³/mol. The van der Waals surface area contributed by atoms with E-state index in [0.29, 0.717) is 19.5 Å². The molecule has 2 rings (SSSR count). The lowest BCUT2D eigenvalue weighted by Gasteiger charge is -2.31. The Labute approximate surface area is 185 Å². The fraction of sp³-hybridized carbons (Fsp3) is 0.625. The van der Waals surface area contributed by atoms with E-state index in [4.69, 9.17) is 5.21 Å². The third-order valence-electron chi connectivity index (χ3n) is 5.92. The van der Waals surface area contributed by atoms with Crippen molar-refractivity contribution in [1.29, 1.82) is 0 Å². The van der Waals surface area contributed by atoms with Crippen LogP contribution in [-0.4, -0.2) is 40.4 Å². The van der Waals surface area contributed by atoms with Gasteiger partial charge in [-0.3, -0.25) is 19.6 Å². The number of hydrogen-bond acceptors (Lipinski definition) is 4. The number of nitrogens with zero attached hydrogens (tertiary/aromatic N) is 1. The number of amides is 3. The molecule has 1 fully saturated rings. The molecule has 0 saturated carbocycles. The van der Waals surface area contributed by atoms with Crippen LogP contribution in [0.5, 0.6) is 0 Å². The number of benzene rings is 1. The standard InChI is InChI=1S/C24H37N3O4/c1-18(2)22-24(30)27(17-19-12-8-7-9-13-19)15-11-6-4-3-5-10-14-20(23(29)25-22)16-21(28)26-31/h7-9,12-13,18,20,22,31H,3-6,10-11,14-17H2,1-2H3,(H,25,29)(H,26,28)/t20-,22+/m1/s1. The second kappa shape index (κ2) is 13.1. The molecule has 1 aliphatic rings. The normalized spacial score (nSPS) is 22.0. The maximum Gasteiger partial charge on any atom is 0.245 e. The molecular formula is C24H37N3O4. The lowest BCUT2D eigenvalue weighted by Crippen LogP contribution is -2.52. The molecule has 7 nitrogen and oxygen atoms in total. The summed E-state index contributed by atoms with van der Waals surface area (Å²) in [6, 6.07) is 9.23. The molecule has 7 heteroatoms. The average Bonchev–Trinajstić information content (AvgIpc) is 2.76. The molecule has 3 amide bonds. The van der Waals surface area contributed by atoms with Crippen molar-refractivity contribution in [3.8, 4) is 0 Å². The van der Waals surface area contributed by atoms with Gasteiger partial charge in [0.15, 0.2) is 0 Å². The van der Waals surface area contributed by atoms with E-state index in [9.17, 15) is 14.4 Å². The van der Waals surface area contributed by atoms with Crippen molar-refractivity contribution in [3.63, 3.8) is 0 Å². The first-order chi connectivity index (χ1) is 14.9. The summed E-state index contributed by atoms with van der Waals surface area (Å²) in [4.78, 5) is 40.1. The molecule has 31 heavy (non-hydrogen) atoms. The first kappa shape index (κ1) is 24.9. The minimum Gasteiger partial charge on any atom is -0.344 e. The SMILES string of the molecule is CC(C)[C@@H]1NC(=O)[C@@H](CC(=O)NO)CCCCCCCCN(Cc2ccccc2)C1=O. The van der Waals surface area contributed by atoms with E-state index < -0.39 is 17.9 Å². The summed E-state index contributed by atoms with van der Waals surface area (Å²) in [6.45, 7) is 5.00. The van der Waals surface area contributed by atoms with Crippen LogP contribution in [0.15, 0.2) is 30.3 Å². The fourth-order valence-corrected chi connectivity index (χ4v) is 4.05. The molecule has 0 spiro atoms. The number of rotatable bonds is 5. The molecule has 1 aromatic carbocycles. The van der Waals surface area contributed by atoms with Crippen LogP contribution in [0.3, 0.4) is 0 Å². The Kier molecular flexibility index (Phi) is 10.5. The zero-order valence-corrected chi connectivity index (χ0v) is 18.8. The summed E-state index contributed by atoms with van der Waals surface area (Å²) in [5.41, 5.74) is 2.68. The Bertz CT molecular complexity index is 708. The van der Waals surface area contributed by atoms with Gasteiger partial charge in [-0.1, -0.05) is 76.3 Å². The molecule has 172 valence electrons. The maximum atomic E-state index is 13.5. The van der Waals surface area contributed by atoms with E-state index in [-0.39, 0.29) is 24.2 Å². The van der Waals surface area contributed by atoms with Gasteiger partial charge in [0.1, 0.15) is 6.04 Å². The Balaban J connectivity index is 2.23. The Morgan fingerprint density at radius 2 is 1.74 bits per heavy atom. The van der Waals surface area contributed by atoms with Crippen LogP contribution < -0.4 is 10.8 Å². The van der Waals surface area contributed by atoms with E-state index >= 15 is 0 Å². The van der Waals surface area contributed by atoms with Crippen molar-refractivity contribution in [2.24, 2.45) is 11.8 Å². The Morgan fingerprint density at radius 1 is 1.10 bits per heavy atom. The van der Waals surface area contributed by atoms with Gasteiger partial charge in [0.05, 0.1) is 0 Å². The zero-order valence-electron chi connectivity index (χ0n) is 18.8. The summed E-state index contributed by atoms with van der Waals surface area (Å²) >= 11 is 0. The summed E-state index contributed by atoms with van der Waals surface area (Å²) in [6.07, 6.45) is 6.49. The number of carbonyl (C=O) groups excluding carboxylic acids is 3. The molecule has 3 N–H and O–H groups in total. The van der Waals surface area contributed by atoms with Gasteiger partial charge in [-0.2, -0.15) is 0 Å². The van der Waals surface area contributed by atoms with Gasteiger partial charge in [0.25, 0.3) is 0 Å². The van der Waals surface area contributed by atoms with Crippen LogP contribution >= 0.6 is 0 Å². The van der Waals surface area contributed by atoms with Crippen LogP contribution in [0, 0.1) is 11.8 Å². The molecule has 0 radical (unpaired) electrons. The summed E-state index contributed by atoms with van der Waals surface area (Å²) in [5.74, 6) is -1.62. The monoisotopic (exact) mass is 431 g/mol. The van der Waals surface area contributed by atoms with Crippen LogP contribution in [0.4, 0.5) is 0 Å². The number of hydrogen-bond donors (Lipinski definition) is 3. The Hall–Kier alpha value is -2.41. The van der Waals surface area contributed by atoms with Crippen LogP contribution in [0.1, 0.15) is 70.8 Å². The molecular weight excluding hydrogens is 394 g/mol. The number of carbonyl (C=O) groups is 3. The molecule has 1 heterocycles. The van der Waals surface area contributed by atoms with Crippen molar-refractivity contribution < 1.29 is 19.6 Å². The lowest BCUT2D eigenvalue weighted by molar-refractivity contribution is -0.140. The molecule has 0 aromatic heterocycles. The highest BCUT2D eigenvalue weighted by molar-refractivity contribution is 5.90. The van der Waals surface area contributed by atoms with E-state index in [0.717, 1.165) is 44.1 Å². The smallest absolute Gasteiger partial charge is 0.245 e. The van der Waals surface area contributed by atoms with E-state index in [1.165, 1.54) is 0 Å².